The molecule has 6 nitrogen and oxygen atoms in total. The molecule has 2 aromatic rings. The Balaban J connectivity index is 1.89. The minimum atomic E-state index is -1.11. The lowest BCUT2D eigenvalue weighted by Gasteiger charge is -2.04. The van der Waals surface area contributed by atoms with Crippen molar-refractivity contribution in [2.75, 3.05) is 6.54 Å². The zero-order valence-electron chi connectivity index (χ0n) is 11.7. The van der Waals surface area contributed by atoms with Crippen molar-refractivity contribution in [1.82, 2.24) is 15.3 Å². The van der Waals surface area contributed by atoms with Crippen LogP contribution in [0.4, 0.5) is 0 Å². The fourth-order valence-corrected chi connectivity index (χ4v) is 2.79. The smallest absolute Gasteiger partial charge is 0.354 e. The van der Waals surface area contributed by atoms with Gasteiger partial charge in [0, 0.05) is 24.0 Å². The number of hydrogen-bond donors (Lipinski definition) is 2. The molecule has 0 bridgehead atoms. The SMILES string of the molecule is Cc1nc(C)c(CCNC(=O)c2ccc(C(=O)O)nc2)s1. The number of rotatable bonds is 5. The van der Waals surface area contributed by atoms with Crippen molar-refractivity contribution in [2.24, 2.45) is 0 Å². The maximum Gasteiger partial charge on any atom is 0.354 e. The number of carbonyl (C=O) groups excluding carboxylic acids is 1. The zero-order valence-corrected chi connectivity index (χ0v) is 12.5. The molecule has 2 rings (SSSR count). The Morgan fingerprint density at radius 1 is 1.33 bits per heavy atom. The van der Waals surface area contributed by atoms with Gasteiger partial charge in [-0.25, -0.2) is 14.8 Å². The summed E-state index contributed by atoms with van der Waals surface area (Å²) in [5, 5.41) is 12.5. The van der Waals surface area contributed by atoms with Crippen LogP contribution in [-0.4, -0.2) is 33.5 Å². The van der Waals surface area contributed by atoms with Gasteiger partial charge in [0.2, 0.25) is 0 Å². The third-order valence-corrected chi connectivity index (χ3v) is 4.01. The first kappa shape index (κ1) is 15.1. The second-order valence-electron chi connectivity index (χ2n) is 4.48. The first-order valence-corrected chi connectivity index (χ1v) is 7.19. The molecule has 1 amide bonds. The number of nitrogens with one attached hydrogen (secondary N) is 1. The molecule has 2 N–H and O–H groups in total. The molecule has 2 heterocycles. The van der Waals surface area contributed by atoms with Crippen molar-refractivity contribution in [3.8, 4) is 0 Å². The van der Waals surface area contributed by atoms with E-state index in [4.69, 9.17) is 5.11 Å². The van der Waals surface area contributed by atoms with Crippen molar-refractivity contribution in [3.05, 3.63) is 45.2 Å². The zero-order chi connectivity index (χ0) is 15.4. The highest BCUT2D eigenvalue weighted by atomic mass is 32.1. The fourth-order valence-electron chi connectivity index (χ4n) is 1.85. The summed E-state index contributed by atoms with van der Waals surface area (Å²) in [5.74, 6) is -1.38. The summed E-state index contributed by atoms with van der Waals surface area (Å²) in [6.07, 6.45) is 1.99. The monoisotopic (exact) mass is 305 g/mol. The van der Waals surface area contributed by atoms with Gasteiger partial charge in [0.25, 0.3) is 5.91 Å². The summed E-state index contributed by atoms with van der Waals surface area (Å²) >= 11 is 1.63. The second kappa shape index (κ2) is 6.45. The molecule has 0 fully saturated rings. The predicted molar refractivity (Wildman–Crippen MR) is 78.8 cm³/mol. The Labute approximate surface area is 125 Å². The van der Waals surface area contributed by atoms with Crippen molar-refractivity contribution in [1.29, 1.82) is 0 Å². The fraction of sp³-hybridized carbons (Fsp3) is 0.286. The molecule has 0 aliphatic rings. The highest BCUT2D eigenvalue weighted by molar-refractivity contribution is 7.11. The molecule has 0 aliphatic carbocycles. The quantitative estimate of drug-likeness (QED) is 0.879. The first-order valence-electron chi connectivity index (χ1n) is 6.38. The average Bonchev–Trinajstić information content (AvgIpc) is 2.77. The molecule has 21 heavy (non-hydrogen) atoms. The predicted octanol–water partition coefficient (Wildman–Crippen LogP) is 1.83. The van der Waals surface area contributed by atoms with E-state index >= 15 is 0 Å². The van der Waals surface area contributed by atoms with Gasteiger partial charge in [0.1, 0.15) is 5.69 Å². The summed E-state index contributed by atoms with van der Waals surface area (Å²) in [5.41, 5.74) is 1.26. The van der Waals surface area contributed by atoms with Crippen molar-refractivity contribution >= 4 is 23.2 Å². The van der Waals surface area contributed by atoms with Crippen LogP contribution in [0.15, 0.2) is 18.3 Å². The lowest BCUT2D eigenvalue weighted by Crippen LogP contribution is -2.25. The molecule has 0 spiro atoms. The van der Waals surface area contributed by atoms with Crippen LogP contribution in [-0.2, 0) is 6.42 Å². The number of carboxylic acid groups (broad SMARTS) is 1. The van der Waals surface area contributed by atoms with Gasteiger partial charge in [-0.15, -0.1) is 11.3 Å². The lowest BCUT2D eigenvalue weighted by atomic mass is 10.2. The van der Waals surface area contributed by atoms with Crippen molar-refractivity contribution in [3.63, 3.8) is 0 Å². The maximum atomic E-state index is 11.9. The Morgan fingerprint density at radius 3 is 2.62 bits per heavy atom. The molecular weight excluding hydrogens is 290 g/mol. The van der Waals surface area contributed by atoms with Gasteiger partial charge in [-0.1, -0.05) is 0 Å². The van der Waals surface area contributed by atoms with Gasteiger partial charge in [0.15, 0.2) is 0 Å². The molecule has 0 aromatic carbocycles. The lowest BCUT2D eigenvalue weighted by molar-refractivity contribution is 0.0689. The van der Waals surface area contributed by atoms with Crippen LogP contribution in [0, 0.1) is 13.8 Å². The van der Waals surface area contributed by atoms with Crippen LogP contribution in [0.2, 0.25) is 0 Å². The Hall–Kier alpha value is -2.28. The number of aromatic carboxylic acids is 1. The van der Waals surface area contributed by atoms with Crippen LogP contribution in [0.25, 0.3) is 0 Å². The van der Waals surface area contributed by atoms with Crippen LogP contribution in [0.3, 0.4) is 0 Å². The highest BCUT2D eigenvalue weighted by Crippen LogP contribution is 2.17. The maximum absolute atomic E-state index is 11.9. The summed E-state index contributed by atoms with van der Waals surface area (Å²) < 4.78 is 0. The molecule has 0 saturated carbocycles. The summed E-state index contributed by atoms with van der Waals surface area (Å²) in [6.45, 7) is 4.41. The minimum absolute atomic E-state index is 0.0812. The van der Waals surface area contributed by atoms with E-state index in [2.05, 4.69) is 15.3 Å². The number of hydrogen-bond acceptors (Lipinski definition) is 5. The Kier molecular flexibility index (Phi) is 4.64. The van der Waals surface area contributed by atoms with E-state index in [1.54, 1.807) is 11.3 Å². The van der Waals surface area contributed by atoms with Gasteiger partial charge in [-0.2, -0.15) is 0 Å². The van der Waals surface area contributed by atoms with Crippen molar-refractivity contribution in [2.45, 2.75) is 20.3 Å². The highest BCUT2D eigenvalue weighted by Gasteiger charge is 2.10. The topological polar surface area (TPSA) is 92.2 Å². The second-order valence-corrected chi connectivity index (χ2v) is 5.77. The molecule has 2 aromatic heterocycles. The Bertz CT molecular complexity index is 665. The molecule has 7 heteroatoms. The van der Waals surface area contributed by atoms with E-state index in [-0.39, 0.29) is 11.6 Å². The number of nitrogens with zero attached hydrogens (tertiary/aromatic N) is 2. The van der Waals surface area contributed by atoms with Gasteiger partial charge in [-0.3, -0.25) is 4.79 Å². The van der Waals surface area contributed by atoms with Crippen LogP contribution in [0.5, 0.6) is 0 Å². The first-order chi connectivity index (χ1) is 9.97. The molecule has 110 valence electrons. The van der Waals surface area contributed by atoms with E-state index in [9.17, 15) is 9.59 Å². The summed E-state index contributed by atoms with van der Waals surface area (Å²) in [7, 11) is 0. The number of thiazole rings is 1. The van der Waals surface area contributed by atoms with Crippen LogP contribution < -0.4 is 5.32 Å². The standard InChI is InChI=1S/C14H15N3O3S/c1-8-12(21-9(2)17-8)5-6-15-13(18)10-3-4-11(14(19)20)16-7-10/h3-4,7H,5-6H2,1-2H3,(H,15,18)(H,19,20). The molecule has 0 atom stereocenters. The normalized spacial score (nSPS) is 10.4. The van der Waals surface area contributed by atoms with E-state index in [0.717, 1.165) is 22.0 Å². The number of aryl methyl sites for hydroxylation is 2. The number of pyridine rings is 1. The summed E-state index contributed by atoms with van der Waals surface area (Å²) in [4.78, 5) is 31.8. The third kappa shape index (κ3) is 3.85. The molecule has 0 unspecified atom stereocenters. The summed E-state index contributed by atoms with van der Waals surface area (Å²) in [6, 6.07) is 2.77. The number of carboxylic acids is 1. The van der Waals surface area contributed by atoms with Gasteiger partial charge < -0.3 is 10.4 Å². The molecule has 0 aliphatic heterocycles. The number of amides is 1. The average molecular weight is 305 g/mol. The number of aromatic nitrogens is 2. The van der Waals surface area contributed by atoms with E-state index < -0.39 is 5.97 Å². The molecule has 0 saturated heterocycles. The van der Waals surface area contributed by atoms with Crippen LogP contribution >= 0.6 is 11.3 Å². The van der Waals surface area contributed by atoms with E-state index in [0.29, 0.717) is 12.1 Å². The molecular formula is C14H15N3O3S. The van der Waals surface area contributed by atoms with Gasteiger partial charge in [-0.05, 0) is 26.0 Å². The van der Waals surface area contributed by atoms with Gasteiger partial charge in [0.05, 0.1) is 16.3 Å². The largest absolute Gasteiger partial charge is 0.477 e. The molecule has 0 radical (unpaired) electrons. The number of carbonyl (C=O) groups is 2. The Morgan fingerprint density at radius 2 is 2.10 bits per heavy atom. The van der Waals surface area contributed by atoms with Crippen molar-refractivity contribution < 1.29 is 14.7 Å². The minimum Gasteiger partial charge on any atom is -0.477 e. The van der Waals surface area contributed by atoms with E-state index in [1.165, 1.54) is 18.3 Å². The third-order valence-electron chi connectivity index (χ3n) is 2.88. The van der Waals surface area contributed by atoms with Gasteiger partial charge >= 0.3 is 5.97 Å². The van der Waals surface area contributed by atoms with Crippen LogP contribution in [0.1, 0.15) is 36.4 Å². The van der Waals surface area contributed by atoms with E-state index in [1.807, 2.05) is 13.8 Å².